The average molecular weight is 354 g/mol. The van der Waals surface area contributed by atoms with Gasteiger partial charge >= 0.3 is 17.1 Å². The molecule has 0 saturated heterocycles. The molecule has 0 atom stereocenters. The van der Waals surface area contributed by atoms with Crippen molar-refractivity contribution in [2.24, 2.45) is 5.41 Å². The van der Waals surface area contributed by atoms with Crippen LogP contribution in [0.3, 0.4) is 0 Å². The molecule has 0 aliphatic rings. The van der Waals surface area contributed by atoms with Crippen molar-refractivity contribution in [3.63, 3.8) is 0 Å². The maximum absolute atomic E-state index is 12.8. The first-order valence-electron chi connectivity index (χ1n) is 9.37. The third-order valence-electron chi connectivity index (χ3n) is 4.27. The summed E-state index contributed by atoms with van der Waals surface area (Å²) in [6.45, 7) is 14.7. The largest absolute Gasteiger partial charge is 0.336 e. The van der Waals surface area contributed by atoms with Crippen molar-refractivity contribution in [3.05, 3.63) is 31.5 Å². The van der Waals surface area contributed by atoms with Crippen molar-refractivity contribution >= 4 is 0 Å². The van der Waals surface area contributed by atoms with E-state index in [0.29, 0.717) is 13.1 Å². The molecule has 1 heterocycles. The van der Waals surface area contributed by atoms with Crippen molar-refractivity contribution in [2.75, 3.05) is 0 Å². The lowest BCUT2D eigenvalue weighted by molar-refractivity contribution is 0.310. The molecule has 25 heavy (non-hydrogen) atoms. The summed E-state index contributed by atoms with van der Waals surface area (Å²) in [5.41, 5.74) is -1.90. The summed E-state index contributed by atoms with van der Waals surface area (Å²) in [6.07, 6.45) is 4.35. The normalized spacial score (nSPS) is 12.6. The molecular weight excluding hydrogens is 318 g/mol. The van der Waals surface area contributed by atoms with E-state index in [2.05, 4.69) is 20.8 Å². The summed E-state index contributed by atoms with van der Waals surface area (Å²) >= 11 is 0. The molecule has 6 heteroatoms. The van der Waals surface area contributed by atoms with Crippen molar-refractivity contribution in [1.29, 1.82) is 0 Å². The summed E-state index contributed by atoms with van der Waals surface area (Å²) in [4.78, 5) is 38.2. The Morgan fingerprint density at radius 3 is 1.60 bits per heavy atom. The number of unbranched alkanes of at least 4 members (excludes halogenated alkanes) is 2. The van der Waals surface area contributed by atoms with Gasteiger partial charge in [0, 0.05) is 18.6 Å². The van der Waals surface area contributed by atoms with Crippen LogP contribution < -0.4 is 17.1 Å². The number of hydrogen-bond acceptors (Lipinski definition) is 3. The van der Waals surface area contributed by atoms with E-state index in [0.717, 1.165) is 32.1 Å². The molecule has 1 aromatic heterocycles. The molecule has 0 aliphatic carbocycles. The molecule has 1 rings (SSSR count). The number of nitrogens with zero attached hydrogens (tertiary/aromatic N) is 3. The highest BCUT2D eigenvalue weighted by Crippen LogP contribution is 2.21. The van der Waals surface area contributed by atoms with Crippen molar-refractivity contribution in [3.8, 4) is 0 Å². The molecule has 0 aliphatic heterocycles. The van der Waals surface area contributed by atoms with Gasteiger partial charge in [0.15, 0.2) is 0 Å². The van der Waals surface area contributed by atoms with Crippen LogP contribution in [-0.4, -0.2) is 13.7 Å². The molecule has 6 nitrogen and oxygen atoms in total. The van der Waals surface area contributed by atoms with Gasteiger partial charge in [-0.15, -0.1) is 0 Å². The minimum Gasteiger partial charge on any atom is -0.247 e. The Kier molecular flexibility index (Phi) is 7.03. The predicted octanol–water partition coefficient (Wildman–Crippen LogP) is 2.94. The SMILES string of the molecule is CCCCn1c(=O)n(CCCCC(C)(C)C)c(=O)n(C(C)(C)C)c1=O. The minimum absolute atomic E-state index is 0.233. The molecule has 0 unspecified atom stereocenters. The Hall–Kier alpha value is -1.59. The van der Waals surface area contributed by atoms with Crippen molar-refractivity contribution in [2.45, 2.75) is 99.2 Å². The second-order valence-electron chi connectivity index (χ2n) is 9.03. The second-order valence-corrected chi connectivity index (χ2v) is 9.03. The van der Waals surface area contributed by atoms with Crippen LogP contribution in [0.5, 0.6) is 0 Å². The van der Waals surface area contributed by atoms with E-state index in [-0.39, 0.29) is 5.41 Å². The van der Waals surface area contributed by atoms with E-state index in [9.17, 15) is 14.4 Å². The fourth-order valence-electron chi connectivity index (χ4n) is 2.83. The summed E-state index contributed by atoms with van der Waals surface area (Å²) in [7, 11) is 0. The van der Waals surface area contributed by atoms with Crippen molar-refractivity contribution in [1.82, 2.24) is 13.7 Å². The van der Waals surface area contributed by atoms with Gasteiger partial charge in [-0.25, -0.2) is 28.1 Å². The molecule has 0 spiro atoms. The van der Waals surface area contributed by atoms with Crippen LogP contribution >= 0.6 is 0 Å². The Balaban J connectivity index is 3.30. The van der Waals surface area contributed by atoms with Gasteiger partial charge in [-0.1, -0.05) is 40.5 Å². The zero-order valence-electron chi connectivity index (χ0n) is 17.0. The first kappa shape index (κ1) is 21.5. The van der Waals surface area contributed by atoms with Gasteiger partial charge in [-0.05, 0) is 45.4 Å². The lowest BCUT2D eigenvalue weighted by atomic mass is 9.90. The Bertz CT molecular complexity index is 740. The van der Waals surface area contributed by atoms with Gasteiger partial charge in [-0.3, -0.25) is 0 Å². The first-order chi connectivity index (χ1) is 11.4. The predicted molar refractivity (Wildman–Crippen MR) is 102 cm³/mol. The molecule has 0 radical (unpaired) electrons. The monoisotopic (exact) mass is 353 g/mol. The Morgan fingerprint density at radius 2 is 1.20 bits per heavy atom. The van der Waals surface area contributed by atoms with Crippen LogP contribution in [0.15, 0.2) is 14.4 Å². The molecule has 0 aromatic carbocycles. The summed E-state index contributed by atoms with van der Waals surface area (Å²) in [6, 6.07) is 0. The van der Waals surface area contributed by atoms with E-state index < -0.39 is 22.6 Å². The van der Waals surface area contributed by atoms with Gasteiger partial charge in [0.2, 0.25) is 0 Å². The van der Waals surface area contributed by atoms with E-state index in [1.165, 1.54) is 13.7 Å². The first-order valence-corrected chi connectivity index (χ1v) is 9.37. The third-order valence-corrected chi connectivity index (χ3v) is 4.27. The lowest BCUT2D eigenvalue weighted by Crippen LogP contribution is -2.58. The molecule has 0 bridgehead atoms. The van der Waals surface area contributed by atoms with E-state index >= 15 is 0 Å². The highest BCUT2D eigenvalue weighted by atomic mass is 16.2. The highest BCUT2D eigenvalue weighted by Gasteiger charge is 2.23. The van der Waals surface area contributed by atoms with E-state index in [1.807, 2.05) is 27.7 Å². The van der Waals surface area contributed by atoms with Crippen LogP contribution in [0.2, 0.25) is 0 Å². The summed E-state index contributed by atoms with van der Waals surface area (Å²) in [5.74, 6) is 0. The van der Waals surface area contributed by atoms with Crippen LogP contribution in [-0.2, 0) is 18.6 Å². The summed E-state index contributed by atoms with van der Waals surface area (Å²) in [5, 5.41) is 0. The number of hydrogen-bond donors (Lipinski definition) is 0. The Labute approximate surface area is 150 Å². The van der Waals surface area contributed by atoms with E-state index in [1.54, 1.807) is 0 Å². The van der Waals surface area contributed by atoms with E-state index in [4.69, 9.17) is 0 Å². The summed E-state index contributed by atoms with van der Waals surface area (Å²) < 4.78 is 3.68. The molecule has 144 valence electrons. The van der Waals surface area contributed by atoms with Crippen LogP contribution in [0, 0.1) is 5.41 Å². The average Bonchev–Trinajstić information content (AvgIpc) is 2.43. The standard InChI is InChI=1S/C19H35N3O3/c1-8-9-13-20-15(23)21(14-11-10-12-18(2,3)4)17(25)22(16(20)24)19(5,6)7/h8-14H2,1-7H3. The fourth-order valence-corrected chi connectivity index (χ4v) is 2.83. The highest BCUT2D eigenvalue weighted by molar-refractivity contribution is 4.85. The molecule has 0 fully saturated rings. The van der Waals surface area contributed by atoms with Gasteiger partial charge in [0.1, 0.15) is 0 Å². The van der Waals surface area contributed by atoms with Gasteiger partial charge < -0.3 is 0 Å². The minimum atomic E-state index is -0.664. The molecule has 0 N–H and O–H groups in total. The zero-order valence-corrected chi connectivity index (χ0v) is 17.0. The number of rotatable bonds is 7. The maximum atomic E-state index is 12.8. The second kappa shape index (κ2) is 8.19. The van der Waals surface area contributed by atoms with Crippen LogP contribution in [0.1, 0.15) is 80.6 Å². The van der Waals surface area contributed by atoms with Gasteiger partial charge in [0.05, 0.1) is 0 Å². The Morgan fingerprint density at radius 1 is 0.720 bits per heavy atom. The van der Waals surface area contributed by atoms with Gasteiger partial charge in [0.25, 0.3) is 0 Å². The van der Waals surface area contributed by atoms with Crippen molar-refractivity contribution < 1.29 is 0 Å². The maximum Gasteiger partial charge on any atom is 0.336 e. The fraction of sp³-hybridized carbons (Fsp3) is 0.842. The van der Waals surface area contributed by atoms with Crippen LogP contribution in [0.25, 0.3) is 0 Å². The molecule has 0 amide bonds. The molecule has 0 saturated carbocycles. The smallest absolute Gasteiger partial charge is 0.247 e. The van der Waals surface area contributed by atoms with Gasteiger partial charge in [-0.2, -0.15) is 0 Å². The van der Waals surface area contributed by atoms with Crippen LogP contribution in [0.4, 0.5) is 0 Å². The lowest BCUT2D eigenvalue weighted by Gasteiger charge is -2.23. The zero-order chi connectivity index (χ0) is 19.4. The quantitative estimate of drug-likeness (QED) is 0.708. The topological polar surface area (TPSA) is 66.0 Å². The molecular formula is C19H35N3O3. The number of aromatic nitrogens is 3. The third kappa shape index (κ3) is 5.72. The molecule has 1 aromatic rings.